The number of benzene rings is 2. The van der Waals surface area contributed by atoms with E-state index in [4.69, 9.17) is 9.47 Å². The Balaban J connectivity index is 1.41. The second kappa shape index (κ2) is 7.46. The summed E-state index contributed by atoms with van der Waals surface area (Å²) in [6.45, 7) is 1.91. The van der Waals surface area contributed by atoms with Crippen molar-refractivity contribution in [1.82, 2.24) is 15.5 Å². The first kappa shape index (κ1) is 18.8. The summed E-state index contributed by atoms with van der Waals surface area (Å²) in [5, 5.41) is 5.50. The van der Waals surface area contributed by atoms with E-state index >= 15 is 0 Å². The molecule has 150 valence electrons. The Kier molecular flexibility index (Phi) is 4.84. The number of ether oxygens (including phenoxy) is 2. The van der Waals surface area contributed by atoms with Crippen molar-refractivity contribution in [3.05, 3.63) is 59.7 Å². The summed E-state index contributed by atoms with van der Waals surface area (Å²) in [5.41, 5.74) is 0.381. The zero-order valence-corrected chi connectivity index (χ0v) is 15.9. The van der Waals surface area contributed by atoms with Gasteiger partial charge in [0.05, 0.1) is 0 Å². The maximum atomic E-state index is 13.0. The highest BCUT2D eigenvalue weighted by Crippen LogP contribution is 2.33. The summed E-state index contributed by atoms with van der Waals surface area (Å²) < 4.78 is 10.6. The van der Waals surface area contributed by atoms with Crippen molar-refractivity contribution in [2.45, 2.75) is 25.4 Å². The summed E-state index contributed by atoms with van der Waals surface area (Å²) >= 11 is 0. The highest BCUT2D eigenvalue weighted by atomic mass is 16.7. The van der Waals surface area contributed by atoms with Crippen LogP contribution in [-0.2, 0) is 21.7 Å². The van der Waals surface area contributed by atoms with Crippen LogP contribution in [0.5, 0.6) is 11.5 Å². The molecule has 8 heteroatoms. The van der Waals surface area contributed by atoms with Crippen molar-refractivity contribution >= 4 is 17.8 Å². The first-order valence-corrected chi connectivity index (χ1v) is 9.38. The standard InChI is InChI=1S/C21H21N3O5/c1-2-21(15-6-4-3-5-7-15)19(26)24(20(27)23-21)12-18(25)22-11-14-8-9-16-17(10-14)29-13-28-16/h3-10H,2,11-13H2,1H3,(H,22,25)(H,23,27)/t21-/m1/s1. The molecule has 0 aliphatic carbocycles. The van der Waals surface area contributed by atoms with Gasteiger partial charge < -0.3 is 20.1 Å². The van der Waals surface area contributed by atoms with Crippen molar-refractivity contribution in [2.24, 2.45) is 0 Å². The quantitative estimate of drug-likeness (QED) is 0.728. The third-order valence-corrected chi connectivity index (χ3v) is 5.20. The molecular weight excluding hydrogens is 374 g/mol. The van der Waals surface area contributed by atoms with E-state index in [1.165, 1.54) is 0 Å². The topological polar surface area (TPSA) is 97.0 Å². The minimum Gasteiger partial charge on any atom is -0.454 e. The van der Waals surface area contributed by atoms with Gasteiger partial charge in [-0.15, -0.1) is 0 Å². The molecule has 2 aliphatic heterocycles. The van der Waals surface area contributed by atoms with E-state index in [2.05, 4.69) is 10.6 Å². The number of imide groups is 1. The number of hydrogen-bond acceptors (Lipinski definition) is 5. The number of urea groups is 1. The molecule has 2 aromatic rings. The van der Waals surface area contributed by atoms with E-state index < -0.39 is 23.4 Å². The predicted octanol–water partition coefficient (Wildman–Crippen LogP) is 1.89. The molecule has 1 atom stereocenters. The van der Waals surface area contributed by atoms with Gasteiger partial charge in [0.1, 0.15) is 12.1 Å². The number of nitrogens with one attached hydrogen (secondary N) is 2. The lowest BCUT2D eigenvalue weighted by molar-refractivity contribution is -0.135. The molecule has 4 rings (SSSR count). The third-order valence-electron chi connectivity index (χ3n) is 5.20. The minimum atomic E-state index is -1.14. The van der Waals surface area contributed by atoms with Crippen LogP contribution in [0.2, 0.25) is 0 Å². The number of nitrogens with zero attached hydrogens (tertiary/aromatic N) is 1. The number of hydrogen-bond donors (Lipinski definition) is 2. The summed E-state index contributed by atoms with van der Waals surface area (Å²) in [7, 11) is 0. The summed E-state index contributed by atoms with van der Waals surface area (Å²) in [6, 6.07) is 13.9. The van der Waals surface area contributed by atoms with Crippen LogP contribution in [0.15, 0.2) is 48.5 Å². The van der Waals surface area contributed by atoms with Crippen molar-refractivity contribution < 1.29 is 23.9 Å². The Bertz CT molecular complexity index is 962. The second-order valence-electron chi connectivity index (χ2n) is 6.91. The molecule has 2 aliphatic rings. The number of fused-ring (bicyclic) bond motifs is 1. The van der Waals surface area contributed by atoms with Crippen LogP contribution in [0.25, 0.3) is 0 Å². The van der Waals surface area contributed by atoms with Gasteiger partial charge in [0.2, 0.25) is 12.7 Å². The van der Waals surface area contributed by atoms with Gasteiger partial charge in [0.15, 0.2) is 11.5 Å². The fourth-order valence-corrected chi connectivity index (χ4v) is 3.58. The Morgan fingerprint density at radius 1 is 1.14 bits per heavy atom. The first-order valence-electron chi connectivity index (χ1n) is 9.38. The molecule has 0 radical (unpaired) electrons. The predicted molar refractivity (Wildman–Crippen MR) is 103 cm³/mol. The maximum Gasteiger partial charge on any atom is 0.325 e. The van der Waals surface area contributed by atoms with Gasteiger partial charge >= 0.3 is 6.03 Å². The van der Waals surface area contributed by atoms with E-state index in [0.717, 1.165) is 10.5 Å². The van der Waals surface area contributed by atoms with Gasteiger partial charge in [0.25, 0.3) is 5.91 Å². The van der Waals surface area contributed by atoms with E-state index in [-0.39, 0.29) is 19.9 Å². The molecule has 8 nitrogen and oxygen atoms in total. The lowest BCUT2D eigenvalue weighted by Gasteiger charge is -2.25. The van der Waals surface area contributed by atoms with E-state index in [0.29, 0.717) is 23.5 Å². The largest absolute Gasteiger partial charge is 0.454 e. The summed E-state index contributed by atoms with van der Waals surface area (Å²) in [6.07, 6.45) is 0.386. The maximum absolute atomic E-state index is 13.0. The molecule has 0 saturated carbocycles. The van der Waals surface area contributed by atoms with Crippen LogP contribution >= 0.6 is 0 Å². The van der Waals surface area contributed by atoms with E-state index in [9.17, 15) is 14.4 Å². The fraction of sp³-hybridized carbons (Fsp3) is 0.286. The van der Waals surface area contributed by atoms with Crippen LogP contribution in [0.3, 0.4) is 0 Å². The molecule has 2 aromatic carbocycles. The van der Waals surface area contributed by atoms with Crippen molar-refractivity contribution in [3.63, 3.8) is 0 Å². The van der Waals surface area contributed by atoms with Gasteiger partial charge in [-0.2, -0.15) is 0 Å². The molecule has 2 N–H and O–H groups in total. The average molecular weight is 395 g/mol. The van der Waals surface area contributed by atoms with Crippen molar-refractivity contribution in [3.8, 4) is 11.5 Å². The number of rotatable bonds is 6. The summed E-state index contributed by atoms with van der Waals surface area (Å²) in [5.74, 6) is 0.443. The van der Waals surface area contributed by atoms with Crippen LogP contribution < -0.4 is 20.1 Å². The molecule has 2 heterocycles. The van der Waals surface area contributed by atoms with Gasteiger partial charge in [-0.05, 0) is 29.7 Å². The van der Waals surface area contributed by atoms with Gasteiger partial charge in [0, 0.05) is 6.54 Å². The van der Waals surface area contributed by atoms with Gasteiger partial charge in [-0.1, -0.05) is 43.3 Å². The lowest BCUT2D eigenvalue weighted by Crippen LogP contribution is -2.44. The number of carbonyl (C=O) groups excluding carboxylic acids is 3. The Labute approximate surface area is 167 Å². The molecule has 0 unspecified atom stereocenters. The number of amides is 4. The minimum absolute atomic E-state index is 0.178. The average Bonchev–Trinajstić information content (AvgIpc) is 3.31. The third kappa shape index (κ3) is 3.37. The summed E-state index contributed by atoms with van der Waals surface area (Å²) in [4.78, 5) is 38.8. The molecule has 1 saturated heterocycles. The molecule has 0 spiro atoms. The highest BCUT2D eigenvalue weighted by Gasteiger charge is 2.51. The second-order valence-corrected chi connectivity index (χ2v) is 6.91. The molecular formula is C21H21N3O5. The smallest absolute Gasteiger partial charge is 0.325 e. The first-order chi connectivity index (χ1) is 14.0. The van der Waals surface area contributed by atoms with Crippen molar-refractivity contribution in [2.75, 3.05) is 13.3 Å². The number of carbonyl (C=O) groups is 3. The zero-order chi connectivity index (χ0) is 20.4. The van der Waals surface area contributed by atoms with Crippen LogP contribution in [-0.4, -0.2) is 36.1 Å². The van der Waals surface area contributed by atoms with Crippen LogP contribution in [0, 0.1) is 0 Å². The van der Waals surface area contributed by atoms with Crippen LogP contribution in [0.4, 0.5) is 4.79 Å². The van der Waals surface area contributed by atoms with Gasteiger partial charge in [-0.25, -0.2) is 4.79 Å². The van der Waals surface area contributed by atoms with E-state index in [1.54, 1.807) is 24.3 Å². The fourth-order valence-electron chi connectivity index (χ4n) is 3.58. The van der Waals surface area contributed by atoms with E-state index in [1.807, 2.05) is 31.2 Å². The Hall–Kier alpha value is -3.55. The normalized spacial score (nSPS) is 20.0. The monoisotopic (exact) mass is 395 g/mol. The van der Waals surface area contributed by atoms with Crippen molar-refractivity contribution in [1.29, 1.82) is 0 Å². The Morgan fingerprint density at radius 3 is 2.66 bits per heavy atom. The van der Waals surface area contributed by atoms with Crippen LogP contribution in [0.1, 0.15) is 24.5 Å². The van der Waals surface area contributed by atoms with Gasteiger partial charge in [-0.3, -0.25) is 14.5 Å². The molecule has 1 fully saturated rings. The Morgan fingerprint density at radius 2 is 1.90 bits per heavy atom. The highest BCUT2D eigenvalue weighted by molar-refractivity contribution is 6.09. The SMILES string of the molecule is CC[C@]1(c2ccccc2)NC(=O)N(CC(=O)NCc2ccc3c(c2)OCO3)C1=O. The molecule has 0 aromatic heterocycles. The molecule has 4 amide bonds. The molecule has 0 bridgehead atoms. The lowest BCUT2D eigenvalue weighted by atomic mass is 9.87. The molecule has 29 heavy (non-hydrogen) atoms. The zero-order valence-electron chi connectivity index (χ0n) is 15.9.